The predicted octanol–water partition coefficient (Wildman–Crippen LogP) is 7.97. The molecule has 2 aliphatic rings. The van der Waals surface area contributed by atoms with Crippen LogP contribution in [-0.2, 0) is 6.42 Å². The second kappa shape index (κ2) is 19.9. The molecule has 4 amide bonds. The first-order valence-electron chi connectivity index (χ1n) is 21.5. The predicted molar refractivity (Wildman–Crippen MR) is 252 cm³/mol. The molecule has 10 rings (SSSR count). The van der Waals surface area contributed by atoms with Gasteiger partial charge < -0.3 is 16.4 Å². The summed E-state index contributed by atoms with van der Waals surface area (Å²) in [5.74, 6) is 2.00. The molecular weight excluding hydrogens is 842 g/mol. The molecule has 0 spiro atoms. The van der Waals surface area contributed by atoms with E-state index in [1.54, 1.807) is 46.7 Å². The number of amides is 4. The number of carbonyl (C=O) groups is 2. The van der Waals surface area contributed by atoms with Crippen LogP contribution in [0.2, 0.25) is 5.28 Å². The van der Waals surface area contributed by atoms with Gasteiger partial charge in [-0.15, -0.1) is 0 Å². The van der Waals surface area contributed by atoms with Gasteiger partial charge in [0.05, 0.1) is 65.0 Å². The maximum absolute atomic E-state index is 12.0. The summed E-state index contributed by atoms with van der Waals surface area (Å²) in [6.07, 6.45) is 16.9. The van der Waals surface area contributed by atoms with Crippen molar-refractivity contribution in [3.05, 3.63) is 138 Å². The number of anilines is 3. The number of nitrogens with one attached hydrogen (secondary N) is 2. The molecular formula is C47H50ClN15O2. The molecule has 10 heterocycles. The average Bonchev–Trinajstić information content (AvgIpc) is 3.95. The van der Waals surface area contributed by atoms with E-state index in [4.69, 9.17) is 22.3 Å². The zero-order valence-corrected chi connectivity index (χ0v) is 37.4. The molecule has 0 aromatic carbocycles. The molecule has 18 heteroatoms. The van der Waals surface area contributed by atoms with Crippen molar-refractivity contribution in [2.45, 2.75) is 58.8 Å². The van der Waals surface area contributed by atoms with Gasteiger partial charge in [-0.1, -0.05) is 27.7 Å². The van der Waals surface area contributed by atoms with E-state index >= 15 is 0 Å². The highest BCUT2D eigenvalue weighted by Crippen LogP contribution is 2.27. The van der Waals surface area contributed by atoms with Crippen molar-refractivity contribution >= 4 is 51.9 Å². The number of halogens is 1. The SMILES string of the molecule is CC(C)c1cnn2ccc(-c3ccnc(Cc4ccc(N5CCCNC5=O)cn4)n3)cc12.CC(C)c1cnn2ccc(-c3ccnc(Cl)n3)cc12.Nc1ccc(N2CCCNC2=O)cn1. The Morgan fingerprint density at radius 3 is 1.68 bits per heavy atom. The van der Waals surface area contributed by atoms with E-state index in [-0.39, 0.29) is 17.3 Å². The van der Waals surface area contributed by atoms with E-state index < -0.39 is 0 Å². The molecule has 17 nitrogen and oxygen atoms in total. The Morgan fingerprint density at radius 1 is 0.646 bits per heavy atom. The lowest BCUT2D eigenvalue weighted by molar-refractivity contribution is 0.242. The first-order valence-corrected chi connectivity index (χ1v) is 21.9. The molecule has 8 aromatic rings. The van der Waals surface area contributed by atoms with Crippen LogP contribution < -0.4 is 26.2 Å². The van der Waals surface area contributed by atoms with Crippen molar-refractivity contribution in [3.63, 3.8) is 0 Å². The summed E-state index contributed by atoms with van der Waals surface area (Å²) in [7, 11) is 0. The van der Waals surface area contributed by atoms with Crippen LogP contribution in [0.15, 0.2) is 110 Å². The summed E-state index contributed by atoms with van der Waals surface area (Å²) >= 11 is 5.83. The molecule has 0 bridgehead atoms. The van der Waals surface area contributed by atoms with E-state index in [1.807, 2.05) is 70.2 Å². The Bertz CT molecular complexity index is 2920. The summed E-state index contributed by atoms with van der Waals surface area (Å²) in [6.45, 7) is 11.6. The van der Waals surface area contributed by atoms with Crippen LogP contribution >= 0.6 is 11.6 Å². The molecule has 332 valence electrons. The molecule has 65 heavy (non-hydrogen) atoms. The number of nitrogens with two attached hydrogens (primary N) is 1. The number of nitrogens with zero attached hydrogens (tertiary/aromatic N) is 12. The highest BCUT2D eigenvalue weighted by atomic mass is 35.5. The minimum atomic E-state index is -0.0717. The zero-order valence-electron chi connectivity index (χ0n) is 36.6. The van der Waals surface area contributed by atoms with Crippen LogP contribution in [0.5, 0.6) is 0 Å². The molecule has 2 saturated heterocycles. The number of hydrogen-bond acceptors (Lipinski definition) is 11. The van der Waals surface area contributed by atoms with Crippen molar-refractivity contribution < 1.29 is 9.59 Å². The number of urea groups is 2. The quantitative estimate of drug-likeness (QED) is 0.125. The summed E-state index contributed by atoms with van der Waals surface area (Å²) in [5, 5.41) is 14.7. The minimum Gasteiger partial charge on any atom is -0.384 e. The second-order valence-electron chi connectivity index (χ2n) is 16.2. The maximum atomic E-state index is 12.0. The van der Waals surface area contributed by atoms with Gasteiger partial charge in [0.1, 0.15) is 11.6 Å². The number of rotatable bonds is 8. The van der Waals surface area contributed by atoms with E-state index in [9.17, 15) is 9.59 Å². The van der Waals surface area contributed by atoms with Gasteiger partial charge in [-0.3, -0.25) is 14.8 Å². The number of nitrogen functional groups attached to an aromatic ring is 1. The lowest BCUT2D eigenvalue weighted by atomic mass is 10.0. The largest absolute Gasteiger partial charge is 0.384 e. The van der Waals surface area contributed by atoms with E-state index in [0.717, 1.165) is 83.1 Å². The Balaban J connectivity index is 0.000000147. The maximum Gasteiger partial charge on any atom is 0.321 e. The number of fused-ring (bicyclic) bond motifs is 2. The molecule has 0 aliphatic carbocycles. The molecule has 0 radical (unpaired) electrons. The fourth-order valence-electron chi connectivity index (χ4n) is 7.50. The number of pyridine rings is 4. The molecule has 0 saturated carbocycles. The van der Waals surface area contributed by atoms with Gasteiger partial charge in [-0.2, -0.15) is 10.2 Å². The Hall–Kier alpha value is -7.53. The monoisotopic (exact) mass is 891 g/mol. The Labute approximate surface area is 381 Å². The fourth-order valence-corrected chi connectivity index (χ4v) is 7.65. The molecule has 4 N–H and O–H groups in total. The van der Waals surface area contributed by atoms with Crippen molar-refractivity contribution in [2.24, 2.45) is 0 Å². The van der Waals surface area contributed by atoms with Gasteiger partial charge >= 0.3 is 12.1 Å². The van der Waals surface area contributed by atoms with Crippen LogP contribution in [0.4, 0.5) is 26.8 Å². The van der Waals surface area contributed by atoms with Crippen molar-refractivity contribution in [3.8, 4) is 22.5 Å². The summed E-state index contributed by atoms with van der Waals surface area (Å²) < 4.78 is 3.77. The smallest absolute Gasteiger partial charge is 0.321 e. The number of carbonyl (C=O) groups excluding carboxylic acids is 2. The minimum absolute atomic E-state index is 0.0668. The van der Waals surface area contributed by atoms with Crippen molar-refractivity contribution in [2.75, 3.05) is 41.7 Å². The van der Waals surface area contributed by atoms with Gasteiger partial charge in [0, 0.05) is 78.9 Å². The van der Waals surface area contributed by atoms with Crippen LogP contribution in [0.1, 0.15) is 75.0 Å². The molecule has 2 fully saturated rings. The third-order valence-corrected chi connectivity index (χ3v) is 11.2. The second-order valence-corrected chi connectivity index (χ2v) is 16.5. The molecule has 8 aromatic heterocycles. The van der Waals surface area contributed by atoms with E-state index in [2.05, 4.69) is 85.6 Å². The van der Waals surface area contributed by atoms with Gasteiger partial charge in [0.25, 0.3) is 0 Å². The van der Waals surface area contributed by atoms with Crippen LogP contribution in [0.25, 0.3) is 33.5 Å². The lowest BCUT2D eigenvalue weighted by Gasteiger charge is -2.27. The van der Waals surface area contributed by atoms with Crippen LogP contribution in [-0.4, -0.2) is 87.4 Å². The highest BCUT2D eigenvalue weighted by Gasteiger charge is 2.21. The van der Waals surface area contributed by atoms with Gasteiger partial charge in [0.15, 0.2) is 0 Å². The van der Waals surface area contributed by atoms with Gasteiger partial charge in [-0.25, -0.2) is 43.5 Å². The molecule has 0 unspecified atom stereocenters. The first-order chi connectivity index (χ1) is 31.5. The van der Waals surface area contributed by atoms with Crippen LogP contribution in [0.3, 0.4) is 0 Å². The van der Waals surface area contributed by atoms with E-state index in [1.165, 1.54) is 11.1 Å². The Morgan fingerprint density at radius 2 is 1.18 bits per heavy atom. The standard InChI is InChI=1S/C24H25N7O.C14H13ClN4.C9H12N4O/c1-16(2)20-15-28-31-11-7-17(12-22(20)31)21-6-9-25-23(29-21)13-18-4-5-19(14-27-18)30-10-3-8-26-24(30)32;1-9(2)11-8-17-19-6-4-10(7-13(11)19)12-3-5-16-14(15)18-12;10-8-3-2-7(6-12-8)13-5-1-4-11-9(13)14/h4-7,9,11-12,14-16H,3,8,10,13H2,1-2H3,(H,26,32);3-9H,1-2H3;2-3,6H,1,4-5H2,(H2,10,12)(H,11,14). The van der Waals surface area contributed by atoms with Crippen molar-refractivity contribution in [1.82, 2.24) is 59.8 Å². The van der Waals surface area contributed by atoms with Crippen molar-refractivity contribution in [1.29, 1.82) is 0 Å². The Kier molecular flexibility index (Phi) is 13.5. The first kappa shape index (κ1) is 44.1. The number of aromatic nitrogens is 10. The summed E-state index contributed by atoms with van der Waals surface area (Å²) in [4.78, 5) is 52.7. The normalized spacial score (nSPS) is 13.9. The third-order valence-electron chi connectivity index (χ3n) is 11.0. The van der Waals surface area contributed by atoms with Crippen LogP contribution in [0, 0.1) is 0 Å². The average molecular weight is 892 g/mol. The molecule has 2 aliphatic heterocycles. The topological polar surface area (TPSA) is 203 Å². The number of hydrogen-bond donors (Lipinski definition) is 3. The zero-order chi connectivity index (χ0) is 45.5. The van der Waals surface area contributed by atoms with Gasteiger partial charge in [0.2, 0.25) is 5.28 Å². The third kappa shape index (κ3) is 10.5. The summed E-state index contributed by atoms with van der Waals surface area (Å²) in [5.41, 5.74) is 16.3. The summed E-state index contributed by atoms with van der Waals surface area (Å²) in [6, 6.07) is 19.2. The molecule has 0 atom stereocenters. The highest BCUT2D eigenvalue weighted by molar-refractivity contribution is 6.28. The fraction of sp³-hybridized carbons (Fsp3) is 0.277. The van der Waals surface area contributed by atoms with Gasteiger partial charge in [-0.05, 0) is 96.9 Å². The van der Waals surface area contributed by atoms with E-state index in [0.29, 0.717) is 36.4 Å². The lowest BCUT2D eigenvalue weighted by Crippen LogP contribution is -2.46.